The van der Waals surface area contributed by atoms with Crippen LogP contribution < -0.4 is 5.73 Å². The Balaban J connectivity index is 2.06. The predicted molar refractivity (Wildman–Crippen MR) is 77.9 cm³/mol. The number of rotatable bonds is 2. The summed E-state index contributed by atoms with van der Waals surface area (Å²) in [5, 5.41) is 0. The van der Waals surface area contributed by atoms with E-state index < -0.39 is 0 Å². The summed E-state index contributed by atoms with van der Waals surface area (Å²) in [4.78, 5) is 4.47. The smallest absolute Gasteiger partial charge is 0.227 e. The molecule has 0 unspecified atom stereocenters. The van der Waals surface area contributed by atoms with E-state index in [9.17, 15) is 0 Å². The van der Waals surface area contributed by atoms with Gasteiger partial charge in [0, 0.05) is 5.56 Å². The molecule has 0 saturated heterocycles. The van der Waals surface area contributed by atoms with Crippen LogP contribution in [0.5, 0.6) is 0 Å². The Labute approximate surface area is 112 Å². The van der Waals surface area contributed by atoms with Gasteiger partial charge in [0.1, 0.15) is 5.52 Å². The summed E-state index contributed by atoms with van der Waals surface area (Å²) in [7, 11) is 0. The Bertz CT molecular complexity index is 711. The number of para-hydroxylation sites is 1. The van der Waals surface area contributed by atoms with E-state index in [0.717, 1.165) is 16.7 Å². The van der Waals surface area contributed by atoms with Gasteiger partial charge in [0.25, 0.3) is 0 Å². The minimum absolute atomic E-state index is 0.522. The highest BCUT2D eigenvalue weighted by Gasteiger charge is 2.10. The summed E-state index contributed by atoms with van der Waals surface area (Å²) in [6, 6.07) is 13.9. The Hall–Kier alpha value is -2.29. The van der Waals surface area contributed by atoms with Crippen LogP contribution in [0.4, 0.5) is 5.69 Å². The molecule has 2 N–H and O–H groups in total. The largest absolute Gasteiger partial charge is 0.436 e. The molecule has 2 aromatic carbocycles. The fourth-order valence-electron chi connectivity index (χ4n) is 2.10. The van der Waals surface area contributed by atoms with E-state index in [0.29, 0.717) is 17.5 Å². The standard InChI is InChI=1S/C16H16N2O/c1-10(2)11-6-8-12(9-7-11)16-18-15-13(17)4-3-5-14(15)19-16/h3-10H,17H2,1-2H3. The van der Waals surface area contributed by atoms with Gasteiger partial charge in [-0.1, -0.05) is 32.0 Å². The lowest BCUT2D eigenvalue weighted by Gasteiger charge is -2.04. The molecule has 0 bridgehead atoms. The first-order valence-corrected chi connectivity index (χ1v) is 6.40. The van der Waals surface area contributed by atoms with Crippen LogP contribution in [0, 0.1) is 0 Å². The van der Waals surface area contributed by atoms with Crippen molar-refractivity contribution in [3.8, 4) is 11.5 Å². The molecule has 3 rings (SSSR count). The third-order valence-corrected chi connectivity index (χ3v) is 3.27. The van der Waals surface area contributed by atoms with E-state index in [1.54, 1.807) is 0 Å². The van der Waals surface area contributed by atoms with Crippen LogP contribution in [0.2, 0.25) is 0 Å². The molecular formula is C16H16N2O. The molecule has 3 nitrogen and oxygen atoms in total. The number of hydrogen-bond acceptors (Lipinski definition) is 3. The lowest BCUT2D eigenvalue weighted by molar-refractivity contribution is 0.620. The van der Waals surface area contributed by atoms with Crippen molar-refractivity contribution in [2.45, 2.75) is 19.8 Å². The fourth-order valence-corrected chi connectivity index (χ4v) is 2.10. The van der Waals surface area contributed by atoms with Crippen LogP contribution in [-0.4, -0.2) is 4.98 Å². The maximum atomic E-state index is 5.89. The second-order valence-corrected chi connectivity index (χ2v) is 4.99. The Morgan fingerprint density at radius 3 is 2.42 bits per heavy atom. The van der Waals surface area contributed by atoms with Gasteiger partial charge in [0.15, 0.2) is 5.58 Å². The first-order chi connectivity index (χ1) is 9.15. The van der Waals surface area contributed by atoms with E-state index in [2.05, 4.69) is 31.0 Å². The highest BCUT2D eigenvalue weighted by molar-refractivity contribution is 5.87. The normalized spacial score (nSPS) is 11.3. The number of benzene rings is 2. The number of hydrogen-bond donors (Lipinski definition) is 1. The Kier molecular flexibility index (Phi) is 2.75. The highest BCUT2D eigenvalue weighted by atomic mass is 16.3. The summed E-state index contributed by atoms with van der Waals surface area (Å²) in [6.07, 6.45) is 0. The average Bonchev–Trinajstić information content (AvgIpc) is 2.84. The van der Waals surface area contributed by atoms with Gasteiger partial charge in [-0.15, -0.1) is 0 Å². The number of oxazole rings is 1. The second kappa shape index (κ2) is 4.43. The second-order valence-electron chi connectivity index (χ2n) is 4.99. The van der Waals surface area contributed by atoms with Gasteiger partial charge >= 0.3 is 0 Å². The monoisotopic (exact) mass is 252 g/mol. The maximum Gasteiger partial charge on any atom is 0.227 e. The average molecular weight is 252 g/mol. The molecule has 19 heavy (non-hydrogen) atoms. The van der Waals surface area contributed by atoms with Gasteiger partial charge in [-0.25, -0.2) is 4.98 Å². The van der Waals surface area contributed by atoms with Gasteiger partial charge in [0.2, 0.25) is 5.89 Å². The zero-order valence-electron chi connectivity index (χ0n) is 11.1. The summed E-state index contributed by atoms with van der Waals surface area (Å²) in [5.74, 6) is 1.14. The zero-order valence-corrected chi connectivity index (χ0v) is 11.1. The van der Waals surface area contributed by atoms with Crippen molar-refractivity contribution in [3.63, 3.8) is 0 Å². The van der Waals surface area contributed by atoms with Crippen LogP contribution in [0.1, 0.15) is 25.3 Å². The number of fused-ring (bicyclic) bond motifs is 1. The third kappa shape index (κ3) is 2.08. The van der Waals surface area contributed by atoms with Crippen LogP contribution in [0.15, 0.2) is 46.9 Å². The minimum Gasteiger partial charge on any atom is -0.436 e. The molecule has 3 heteroatoms. The van der Waals surface area contributed by atoms with E-state index in [4.69, 9.17) is 10.2 Å². The molecule has 0 aliphatic heterocycles. The van der Waals surface area contributed by atoms with Crippen molar-refractivity contribution in [3.05, 3.63) is 48.0 Å². The molecule has 0 spiro atoms. The van der Waals surface area contributed by atoms with Crippen LogP contribution in [0.25, 0.3) is 22.6 Å². The van der Waals surface area contributed by atoms with Crippen molar-refractivity contribution >= 4 is 16.8 Å². The Morgan fingerprint density at radius 2 is 1.79 bits per heavy atom. The molecule has 0 aliphatic rings. The van der Waals surface area contributed by atoms with Gasteiger partial charge < -0.3 is 10.2 Å². The van der Waals surface area contributed by atoms with Gasteiger partial charge in [-0.2, -0.15) is 0 Å². The summed E-state index contributed by atoms with van der Waals surface area (Å²) >= 11 is 0. The molecule has 1 aromatic heterocycles. The molecule has 0 saturated carbocycles. The zero-order chi connectivity index (χ0) is 13.4. The van der Waals surface area contributed by atoms with Crippen LogP contribution >= 0.6 is 0 Å². The molecule has 0 amide bonds. The van der Waals surface area contributed by atoms with E-state index >= 15 is 0 Å². The van der Waals surface area contributed by atoms with Crippen molar-refractivity contribution in [2.24, 2.45) is 0 Å². The summed E-state index contributed by atoms with van der Waals surface area (Å²) in [6.45, 7) is 4.35. The quantitative estimate of drug-likeness (QED) is 0.695. The lowest BCUT2D eigenvalue weighted by Crippen LogP contribution is -1.87. The van der Waals surface area contributed by atoms with Gasteiger partial charge in [-0.3, -0.25) is 0 Å². The van der Waals surface area contributed by atoms with Gasteiger partial charge in [0.05, 0.1) is 5.69 Å². The number of nitrogen functional groups attached to an aromatic ring is 1. The highest BCUT2D eigenvalue weighted by Crippen LogP contribution is 2.28. The predicted octanol–water partition coefficient (Wildman–Crippen LogP) is 4.20. The fraction of sp³-hybridized carbons (Fsp3) is 0.188. The number of nitrogens with two attached hydrogens (primary N) is 1. The first kappa shape index (κ1) is 11.8. The Morgan fingerprint density at radius 1 is 1.05 bits per heavy atom. The van der Waals surface area contributed by atoms with Crippen molar-refractivity contribution in [1.82, 2.24) is 4.98 Å². The molecule has 1 heterocycles. The minimum atomic E-state index is 0.522. The van der Waals surface area contributed by atoms with Gasteiger partial charge in [-0.05, 0) is 35.7 Å². The summed E-state index contributed by atoms with van der Waals surface area (Å²) in [5.41, 5.74) is 10.3. The molecule has 0 atom stereocenters. The third-order valence-electron chi connectivity index (χ3n) is 3.27. The molecule has 3 aromatic rings. The van der Waals surface area contributed by atoms with Crippen molar-refractivity contribution < 1.29 is 4.42 Å². The summed E-state index contributed by atoms with van der Waals surface area (Å²) < 4.78 is 5.74. The molecular weight excluding hydrogens is 236 g/mol. The SMILES string of the molecule is CC(C)c1ccc(-c2nc3c(N)cccc3o2)cc1. The molecule has 0 radical (unpaired) electrons. The topological polar surface area (TPSA) is 52.0 Å². The van der Waals surface area contributed by atoms with Crippen molar-refractivity contribution in [2.75, 3.05) is 5.73 Å². The van der Waals surface area contributed by atoms with E-state index in [1.165, 1.54) is 5.56 Å². The van der Waals surface area contributed by atoms with Crippen LogP contribution in [0.3, 0.4) is 0 Å². The molecule has 96 valence electrons. The molecule has 0 aliphatic carbocycles. The van der Waals surface area contributed by atoms with E-state index in [1.807, 2.05) is 30.3 Å². The number of nitrogens with zero attached hydrogens (tertiary/aromatic N) is 1. The first-order valence-electron chi connectivity index (χ1n) is 6.40. The maximum absolute atomic E-state index is 5.89. The lowest BCUT2D eigenvalue weighted by atomic mass is 10.0. The number of aromatic nitrogens is 1. The number of anilines is 1. The van der Waals surface area contributed by atoms with E-state index in [-0.39, 0.29) is 0 Å². The van der Waals surface area contributed by atoms with Crippen LogP contribution in [-0.2, 0) is 0 Å². The van der Waals surface area contributed by atoms with Crippen molar-refractivity contribution in [1.29, 1.82) is 0 Å². The molecule has 0 fully saturated rings.